The van der Waals surface area contributed by atoms with Gasteiger partial charge in [-0.3, -0.25) is 4.68 Å². The number of rotatable bonds is 2. The Kier molecular flexibility index (Phi) is 2.45. The molecule has 1 unspecified atom stereocenters. The van der Waals surface area contributed by atoms with E-state index in [0.717, 1.165) is 11.3 Å². The maximum Gasteiger partial charge on any atom is 0.0996 e. The lowest BCUT2D eigenvalue weighted by molar-refractivity contribution is 0.104. The number of hydrogen-bond donors (Lipinski definition) is 2. The van der Waals surface area contributed by atoms with E-state index in [-0.39, 0.29) is 0 Å². The van der Waals surface area contributed by atoms with E-state index in [1.165, 1.54) is 0 Å². The second-order valence-electron chi connectivity index (χ2n) is 4.07. The number of nitrogens with zero attached hydrogens (tertiary/aromatic N) is 2. The van der Waals surface area contributed by atoms with Gasteiger partial charge in [0.15, 0.2) is 0 Å². The highest BCUT2D eigenvalue weighted by atomic mass is 16.3. The molecule has 0 aliphatic carbocycles. The van der Waals surface area contributed by atoms with E-state index < -0.39 is 11.6 Å². The molecule has 1 rings (SSSR count). The van der Waals surface area contributed by atoms with Crippen molar-refractivity contribution in [3.05, 3.63) is 17.5 Å². The van der Waals surface area contributed by atoms with Crippen molar-refractivity contribution in [2.75, 3.05) is 0 Å². The van der Waals surface area contributed by atoms with Crippen LogP contribution in [0.5, 0.6) is 0 Å². The molecule has 4 nitrogen and oxygen atoms in total. The first-order chi connectivity index (χ1) is 5.82. The van der Waals surface area contributed by atoms with Gasteiger partial charge in [-0.1, -0.05) is 0 Å². The summed E-state index contributed by atoms with van der Waals surface area (Å²) >= 11 is 0. The summed E-state index contributed by atoms with van der Waals surface area (Å²) in [5.74, 6) is 0. The van der Waals surface area contributed by atoms with Gasteiger partial charge in [-0.25, -0.2) is 0 Å². The maximum absolute atomic E-state index is 9.87. The Morgan fingerprint density at radius 3 is 2.46 bits per heavy atom. The van der Waals surface area contributed by atoms with Gasteiger partial charge < -0.3 is 10.8 Å². The Labute approximate surface area is 78.4 Å². The van der Waals surface area contributed by atoms with Crippen molar-refractivity contribution in [1.29, 1.82) is 0 Å². The van der Waals surface area contributed by atoms with Crippen LogP contribution < -0.4 is 5.73 Å². The lowest BCUT2D eigenvalue weighted by Gasteiger charge is -2.25. The Balaban J connectivity index is 3.01. The third kappa shape index (κ3) is 2.08. The summed E-state index contributed by atoms with van der Waals surface area (Å²) in [6, 6.07) is 0. The average Bonchev–Trinajstić information content (AvgIpc) is 2.26. The van der Waals surface area contributed by atoms with Crippen LogP contribution in [0.15, 0.2) is 6.20 Å². The van der Waals surface area contributed by atoms with Crippen LogP contribution in [-0.4, -0.2) is 20.4 Å². The second kappa shape index (κ2) is 3.12. The summed E-state index contributed by atoms with van der Waals surface area (Å²) in [6.07, 6.45) is 1.13. The van der Waals surface area contributed by atoms with E-state index in [0.29, 0.717) is 0 Å². The van der Waals surface area contributed by atoms with Crippen LogP contribution >= 0.6 is 0 Å². The van der Waals surface area contributed by atoms with Gasteiger partial charge in [-0.2, -0.15) is 5.10 Å². The number of aromatic nitrogens is 2. The fourth-order valence-electron chi connectivity index (χ4n) is 1.29. The number of nitrogens with two attached hydrogens (primary N) is 1. The third-order valence-corrected chi connectivity index (χ3v) is 2.05. The molecule has 3 N–H and O–H groups in total. The number of aliphatic hydroxyl groups is 1. The van der Waals surface area contributed by atoms with Gasteiger partial charge in [0.05, 0.1) is 11.8 Å². The van der Waals surface area contributed by atoms with Gasteiger partial charge >= 0.3 is 0 Å². The minimum Gasteiger partial charge on any atom is -0.386 e. The molecule has 0 amide bonds. The molecule has 0 saturated heterocycles. The highest BCUT2D eigenvalue weighted by Crippen LogP contribution is 2.24. The van der Waals surface area contributed by atoms with E-state index in [9.17, 15) is 5.11 Å². The zero-order valence-electron chi connectivity index (χ0n) is 8.57. The normalized spacial score (nSPS) is 14.6. The number of aliphatic hydroxyl groups excluding tert-OH is 1. The second-order valence-corrected chi connectivity index (χ2v) is 4.07. The third-order valence-electron chi connectivity index (χ3n) is 2.05. The highest BCUT2D eigenvalue weighted by Gasteiger charge is 2.26. The van der Waals surface area contributed by atoms with Crippen molar-refractivity contribution < 1.29 is 5.11 Å². The summed E-state index contributed by atoms with van der Waals surface area (Å²) in [6.45, 7) is 5.46. The van der Waals surface area contributed by atoms with E-state index in [1.807, 2.05) is 14.0 Å². The maximum atomic E-state index is 9.87. The number of aryl methyl sites for hydroxylation is 2. The van der Waals surface area contributed by atoms with Crippen molar-refractivity contribution in [2.24, 2.45) is 12.8 Å². The smallest absolute Gasteiger partial charge is 0.0996 e. The first-order valence-corrected chi connectivity index (χ1v) is 4.29. The summed E-state index contributed by atoms with van der Waals surface area (Å²) in [4.78, 5) is 0. The predicted molar refractivity (Wildman–Crippen MR) is 51.2 cm³/mol. The van der Waals surface area contributed by atoms with Crippen LogP contribution in [0.2, 0.25) is 0 Å². The highest BCUT2D eigenvalue weighted by molar-refractivity contribution is 5.21. The fraction of sp³-hybridized carbons (Fsp3) is 0.667. The van der Waals surface area contributed by atoms with Crippen LogP contribution in [0.4, 0.5) is 0 Å². The standard InChI is InChI=1S/C9H17N3O/c1-6-7(5-12(4)11-6)8(13)9(2,3)10/h5,8,13H,10H2,1-4H3. The predicted octanol–water partition coefficient (Wildman–Crippen LogP) is 0.499. The molecule has 0 radical (unpaired) electrons. The lowest BCUT2D eigenvalue weighted by atomic mass is 9.93. The van der Waals surface area contributed by atoms with Gasteiger partial charge in [0.2, 0.25) is 0 Å². The zero-order chi connectivity index (χ0) is 10.2. The summed E-state index contributed by atoms with van der Waals surface area (Å²) in [5.41, 5.74) is 6.80. The molecular weight excluding hydrogens is 166 g/mol. The van der Waals surface area contributed by atoms with Gasteiger partial charge in [0.25, 0.3) is 0 Å². The van der Waals surface area contributed by atoms with Crippen LogP contribution in [0.1, 0.15) is 31.2 Å². The first-order valence-electron chi connectivity index (χ1n) is 4.29. The molecule has 1 aromatic heterocycles. The minimum absolute atomic E-state index is 0.631. The Bertz CT molecular complexity index is 298. The van der Waals surface area contributed by atoms with Crippen LogP contribution in [-0.2, 0) is 7.05 Å². The van der Waals surface area contributed by atoms with Crippen LogP contribution in [0, 0.1) is 6.92 Å². The molecule has 0 aromatic carbocycles. The molecule has 74 valence electrons. The van der Waals surface area contributed by atoms with E-state index in [1.54, 1.807) is 24.7 Å². The SMILES string of the molecule is Cc1nn(C)cc1C(O)C(C)(C)N. The lowest BCUT2D eigenvalue weighted by Crippen LogP contribution is -2.39. The largest absolute Gasteiger partial charge is 0.386 e. The molecule has 0 fully saturated rings. The molecule has 4 heteroatoms. The molecule has 1 heterocycles. The minimum atomic E-state index is -0.666. The Hall–Kier alpha value is -0.870. The molecule has 0 spiro atoms. The molecule has 0 saturated carbocycles. The van der Waals surface area contributed by atoms with Crippen LogP contribution in [0.3, 0.4) is 0 Å². The zero-order valence-corrected chi connectivity index (χ0v) is 8.57. The van der Waals surface area contributed by atoms with Gasteiger partial charge in [-0.15, -0.1) is 0 Å². The topological polar surface area (TPSA) is 64.1 Å². The van der Waals surface area contributed by atoms with Gasteiger partial charge in [0, 0.05) is 24.3 Å². The Morgan fingerprint density at radius 2 is 2.15 bits per heavy atom. The molecule has 1 atom stereocenters. The van der Waals surface area contributed by atoms with Crippen molar-refractivity contribution >= 4 is 0 Å². The Morgan fingerprint density at radius 1 is 1.62 bits per heavy atom. The average molecular weight is 183 g/mol. The molecule has 0 aliphatic heterocycles. The molecule has 0 aliphatic rings. The summed E-state index contributed by atoms with van der Waals surface area (Å²) in [7, 11) is 1.83. The molecule has 0 bridgehead atoms. The molecule has 13 heavy (non-hydrogen) atoms. The molecular formula is C9H17N3O. The summed E-state index contributed by atoms with van der Waals surface area (Å²) < 4.78 is 1.68. The van der Waals surface area contributed by atoms with Crippen molar-refractivity contribution in [1.82, 2.24) is 9.78 Å². The van der Waals surface area contributed by atoms with Crippen molar-refractivity contribution in [2.45, 2.75) is 32.4 Å². The van der Waals surface area contributed by atoms with Crippen molar-refractivity contribution in [3.8, 4) is 0 Å². The monoisotopic (exact) mass is 183 g/mol. The fourth-order valence-corrected chi connectivity index (χ4v) is 1.29. The van der Waals surface area contributed by atoms with E-state index >= 15 is 0 Å². The van der Waals surface area contributed by atoms with Crippen LogP contribution in [0.25, 0.3) is 0 Å². The molecule has 1 aromatic rings. The van der Waals surface area contributed by atoms with E-state index in [4.69, 9.17) is 5.73 Å². The summed E-state index contributed by atoms with van der Waals surface area (Å²) in [5, 5.41) is 14.0. The number of hydrogen-bond acceptors (Lipinski definition) is 3. The van der Waals surface area contributed by atoms with Gasteiger partial charge in [-0.05, 0) is 20.8 Å². The van der Waals surface area contributed by atoms with E-state index in [2.05, 4.69) is 5.10 Å². The van der Waals surface area contributed by atoms with Gasteiger partial charge in [0.1, 0.15) is 0 Å². The van der Waals surface area contributed by atoms with Crippen molar-refractivity contribution in [3.63, 3.8) is 0 Å². The quantitative estimate of drug-likeness (QED) is 0.701. The first kappa shape index (κ1) is 10.2.